The van der Waals surface area contributed by atoms with Crippen molar-refractivity contribution in [2.45, 2.75) is 31.2 Å². The van der Waals surface area contributed by atoms with Gasteiger partial charge in [0.1, 0.15) is 23.1 Å². The predicted octanol–water partition coefficient (Wildman–Crippen LogP) is 3.08. The van der Waals surface area contributed by atoms with Gasteiger partial charge in [-0.1, -0.05) is 12.8 Å². The van der Waals surface area contributed by atoms with Gasteiger partial charge in [-0.2, -0.15) is 5.26 Å². The number of rotatable bonds is 3. The first-order valence-corrected chi connectivity index (χ1v) is 9.47. The predicted molar refractivity (Wildman–Crippen MR) is 105 cm³/mol. The molecule has 8 heteroatoms. The number of nitriles is 1. The van der Waals surface area contributed by atoms with Crippen LogP contribution in [-0.4, -0.2) is 23.5 Å². The van der Waals surface area contributed by atoms with Gasteiger partial charge in [0.25, 0.3) is 11.9 Å². The first-order valence-electron chi connectivity index (χ1n) is 9.47. The second kappa shape index (κ2) is 7.51. The number of aliphatic imine (C=N–C) groups is 1. The number of halogens is 1. The molecule has 0 radical (unpaired) electrons. The molecule has 1 unspecified atom stereocenters. The number of pyridine rings is 1. The smallest absolute Gasteiger partial charge is 0.282 e. The van der Waals surface area contributed by atoms with Gasteiger partial charge >= 0.3 is 0 Å². The summed E-state index contributed by atoms with van der Waals surface area (Å²) in [4.78, 5) is 21.0. The monoisotopic (exact) mass is 393 g/mol. The Labute approximate surface area is 167 Å². The highest BCUT2D eigenvalue weighted by Gasteiger charge is 2.47. The van der Waals surface area contributed by atoms with E-state index in [9.17, 15) is 9.18 Å². The molecule has 1 amide bonds. The average Bonchev–Trinajstić information content (AvgIpc) is 2.74. The van der Waals surface area contributed by atoms with Crippen molar-refractivity contribution in [2.24, 2.45) is 16.6 Å². The van der Waals surface area contributed by atoms with Crippen LogP contribution in [0.5, 0.6) is 0 Å². The number of nitrogens with two attached hydrogens (primary N) is 1. The highest BCUT2D eigenvalue weighted by molar-refractivity contribution is 6.02. The molecule has 2 aromatic rings. The Morgan fingerprint density at radius 1 is 1.34 bits per heavy atom. The van der Waals surface area contributed by atoms with Gasteiger partial charge in [0.05, 0.1) is 12.2 Å². The number of anilines is 1. The van der Waals surface area contributed by atoms with Crippen molar-refractivity contribution >= 4 is 17.6 Å². The third kappa shape index (κ3) is 3.51. The maximum atomic E-state index is 14.9. The lowest BCUT2D eigenvalue weighted by molar-refractivity contribution is 0.0843. The summed E-state index contributed by atoms with van der Waals surface area (Å²) in [5.41, 5.74) is 6.44. The Kier molecular flexibility index (Phi) is 4.89. The van der Waals surface area contributed by atoms with Crippen molar-refractivity contribution < 1.29 is 13.9 Å². The van der Waals surface area contributed by atoms with Crippen molar-refractivity contribution in [3.05, 3.63) is 59.2 Å². The number of amides is 1. The third-order valence-electron chi connectivity index (χ3n) is 5.59. The first kappa shape index (κ1) is 18.9. The molecule has 0 saturated heterocycles. The quantitative estimate of drug-likeness (QED) is 0.832. The molecule has 148 valence electrons. The maximum absolute atomic E-state index is 14.9. The number of hydrogen-bond donors (Lipinski definition) is 2. The van der Waals surface area contributed by atoms with E-state index in [0.29, 0.717) is 29.8 Å². The van der Waals surface area contributed by atoms with Crippen LogP contribution in [0.15, 0.2) is 41.5 Å². The van der Waals surface area contributed by atoms with Crippen LogP contribution < -0.4 is 11.1 Å². The van der Waals surface area contributed by atoms with Crippen LogP contribution in [0.2, 0.25) is 0 Å². The van der Waals surface area contributed by atoms with Gasteiger partial charge in [0.2, 0.25) is 0 Å². The van der Waals surface area contributed by atoms with Crippen molar-refractivity contribution in [3.63, 3.8) is 0 Å². The summed E-state index contributed by atoms with van der Waals surface area (Å²) in [5, 5.41) is 11.6. The summed E-state index contributed by atoms with van der Waals surface area (Å²) in [5.74, 6) is -0.797. The molecule has 1 aliphatic carbocycles. The fraction of sp³-hybridized carbons (Fsp3) is 0.333. The van der Waals surface area contributed by atoms with Crippen molar-refractivity contribution in [3.8, 4) is 6.07 Å². The summed E-state index contributed by atoms with van der Waals surface area (Å²) < 4.78 is 20.3. The van der Waals surface area contributed by atoms with E-state index in [1.165, 1.54) is 30.5 Å². The van der Waals surface area contributed by atoms with Gasteiger partial charge in [-0.05, 0) is 43.2 Å². The maximum Gasteiger partial charge on any atom is 0.282 e. The fourth-order valence-corrected chi connectivity index (χ4v) is 4.15. The normalized spacial score (nSPS) is 23.2. The Hall–Kier alpha value is -3.47. The zero-order chi connectivity index (χ0) is 20.4. The van der Waals surface area contributed by atoms with E-state index in [0.717, 1.165) is 19.3 Å². The zero-order valence-electron chi connectivity index (χ0n) is 15.7. The topological polar surface area (TPSA) is 113 Å². The van der Waals surface area contributed by atoms with Crippen LogP contribution in [0.4, 0.5) is 10.1 Å². The minimum Gasteiger partial charge on any atom is -0.465 e. The van der Waals surface area contributed by atoms with Crippen LogP contribution in [-0.2, 0) is 10.3 Å². The van der Waals surface area contributed by atoms with Gasteiger partial charge in [0, 0.05) is 23.4 Å². The number of amidine groups is 1. The molecule has 2 aliphatic rings. The Morgan fingerprint density at radius 2 is 2.21 bits per heavy atom. The highest BCUT2D eigenvalue weighted by Crippen LogP contribution is 2.48. The van der Waals surface area contributed by atoms with E-state index in [-0.39, 0.29) is 23.5 Å². The molecule has 1 saturated carbocycles. The lowest BCUT2D eigenvalue weighted by Gasteiger charge is -2.44. The molecular weight excluding hydrogens is 373 g/mol. The number of benzene rings is 1. The Balaban J connectivity index is 1.66. The van der Waals surface area contributed by atoms with Gasteiger partial charge in [0.15, 0.2) is 0 Å². The van der Waals surface area contributed by atoms with Gasteiger partial charge < -0.3 is 15.8 Å². The third-order valence-corrected chi connectivity index (χ3v) is 5.59. The molecule has 0 spiro atoms. The lowest BCUT2D eigenvalue weighted by atomic mass is 9.69. The number of aromatic nitrogens is 1. The summed E-state index contributed by atoms with van der Waals surface area (Å²) in [7, 11) is 0. The first-order chi connectivity index (χ1) is 14.0. The minimum atomic E-state index is -0.780. The van der Waals surface area contributed by atoms with Gasteiger partial charge in [-0.25, -0.2) is 14.4 Å². The van der Waals surface area contributed by atoms with E-state index in [4.69, 9.17) is 15.7 Å². The second-order valence-corrected chi connectivity index (χ2v) is 7.32. The second-order valence-electron chi connectivity index (χ2n) is 7.32. The van der Waals surface area contributed by atoms with E-state index in [2.05, 4.69) is 15.3 Å². The molecule has 1 fully saturated rings. The van der Waals surface area contributed by atoms with Crippen molar-refractivity contribution in [2.75, 3.05) is 11.9 Å². The standard InChI is InChI=1S/C21H20FN5O2/c22-17-6-5-15(26-19(28)18-7-4-13(10-23)11-25-18)9-16(17)21-8-2-1-3-14(21)12-29-20(24)27-21/h4-7,9,11,14H,1-3,8,12H2,(H2,24,27)(H,26,28)/t14?,21-/m0/s1. The average molecular weight is 393 g/mol. The van der Waals surface area contributed by atoms with Gasteiger partial charge in [-0.3, -0.25) is 4.79 Å². The molecule has 2 heterocycles. The van der Waals surface area contributed by atoms with Crippen LogP contribution in [0.3, 0.4) is 0 Å². The fourth-order valence-electron chi connectivity index (χ4n) is 4.15. The SMILES string of the molecule is N#Cc1ccc(C(=O)Nc2ccc(F)c([C@]34CCCCC3COC(N)=N4)c2)nc1. The van der Waals surface area contributed by atoms with Crippen molar-refractivity contribution in [1.82, 2.24) is 4.98 Å². The highest BCUT2D eigenvalue weighted by atomic mass is 19.1. The zero-order valence-corrected chi connectivity index (χ0v) is 15.7. The molecule has 1 aromatic heterocycles. The lowest BCUT2D eigenvalue weighted by Crippen LogP contribution is -2.46. The summed E-state index contributed by atoms with van der Waals surface area (Å²) >= 11 is 0. The van der Waals surface area contributed by atoms with Crippen LogP contribution in [0.1, 0.15) is 47.3 Å². The van der Waals surface area contributed by atoms with Gasteiger partial charge in [-0.15, -0.1) is 0 Å². The van der Waals surface area contributed by atoms with Crippen LogP contribution in [0, 0.1) is 23.1 Å². The summed E-state index contributed by atoms with van der Waals surface area (Å²) in [6.07, 6.45) is 4.83. The Morgan fingerprint density at radius 3 is 2.97 bits per heavy atom. The number of ether oxygens (including phenoxy) is 1. The van der Waals surface area contributed by atoms with Crippen LogP contribution in [0.25, 0.3) is 0 Å². The van der Waals surface area contributed by atoms with Crippen molar-refractivity contribution in [1.29, 1.82) is 5.26 Å². The molecule has 3 N–H and O–H groups in total. The molecule has 2 atom stereocenters. The number of hydrogen-bond acceptors (Lipinski definition) is 6. The molecule has 0 bridgehead atoms. The summed E-state index contributed by atoms with van der Waals surface area (Å²) in [6, 6.07) is 9.46. The molecule has 1 aliphatic heterocycles. The molecule has 7 nitrogen and oxygen atoms in total. The molecule has 1 aromatic carbocycles. The van der Waals surface area contributed by atoms with E-state index in [1.54, 1.807) is 6.07 Å². The van der Waals surface area contributed by atoms with E-state index < -0.39 is 11.4 Å². The van der Waals surface area contributed by atoms with E-state index in [1.807, 2.05) is 6.07 Å². The largest absolute Gasteiger partial charge is 0.465 e. The number of fused-ring (bicyclic) bond motifs is 1. The van der Waals surface area contributed by atoms with E-state index >= 15 is 0 Å². The number of carbonyl (C=O) groups is 1. The number of nitrogens with zero attached hydrogens (tertiary/aromatic N) is 3. The minimum absolute atomic E-state index is 0.0317. The summed E-state index contributed by atoms with van der Waals surface area (Å²) in [6.45, 7) is 0.403. The van der Waals surface area contributed by atoms with Crippen LogP contribution >= 0.6 is 0 Å². The molecular formula is C21H20FN5O2. The molecule has 4 rings (SSSR count). The number of nitrogens with one attached hydrogen (secondary N) is 1. The number of carbonyl (C=O) groups excluding carboxylic acids is 1. The Bertz CT molecular complexity index is 1010. The molecule has 29 heavy (non-hydrogen) atoms.